The Balaban J connectivity index is 2.56. The van der Waals surface area contributed by atoms with E-state index in [1.165, 1.54) is 0 Å². The lowest BCUT2D eigenvalue weighted by Crippen LogP contribution is -2.07. The van der Waals surface area contributed by atoms with Gasteiger partial charge in [-0.1, -0.05) is 18.2 Å². The van der Waals surface area contributed by atoms with Crippen LogP contribution in [0.25, 0.3) is 10.9 Å². The summed E-state index contributed by atoms with van der Waals surface area (Å²) in [5.41, 5.74) is 1.33. The van der Waals surface area contributed by atoms with Gasteiger partial charge < -0.3 is 9.72 Å². The molecule has 0 radical (unpaired) electrons. The van der Waals surface area contributed by atoms with Crippen LogP contribution in [0.3, 0.4) is 0 Å². The zero-order valence-corrected chi connectivity index (χ0v) is 8.92. The van der Waals surface area contributed by atoms with E-state index in [4.69, 9.17) is 4.74 Å². The third-order valence-electron chi connectivity index (χ3n) is 2.43. The molecule has 0 spiro atoms. The van der Waals surface area contributed by atoms with E-state index < -0.39 is 12.6 Å². The molecule has 0 aliphatic rings. The molecule has 2 rings (SSSR count). The molecule has 3 nitrogen and oxygen atoms in total. The van der Waals surface area contributed by atoms with Crippen molar-refractivity contribution in [3.8, 4) is 0 Å². The highest BCUT2D eigenvalue weighted by atomic mass is 19.1. The highest BCUT2D eigenvalue weighted by Gasteiger charge is 2.17. The van der Waals surface area contributed by atoms with Crippen molar-refractivity contribution in [2.24, 2.45) is 0 Å². The first-order chi connectivity index (χ1) is 7.77. The van der Waals surface area contributed by atoms with E-state index in [-0.39, 0.29) is 12.3 Å². The largest absolute Gasteiger partial charge is 0.461 e. The van der Waals surface area contributed by atoms with Crippen LogP contribution < -0.4 is 0 Å². The van der Waals surface area contributed by atoms with E-state index in [9.17, 15) is 9.18 Å². The number of nitrogens with one attached hydrogen (secondary N) is 1. The van der Waals surface area contributed by atoms with Gasteiger partial charge in [0, 0.05) is 16.5 Å². The van der Waals surface area contributed by atoms with Gasteiger partial charge in [-0.2, -0.15) is 0 Å². The number of carbonyl (C=O) groups is 1. The van der Waals surface area contributed by atoms with Gasteiger partial charge in [-0.15, -0.1) is 0 Å². The summed E-state index contributed by atoms with van der Waals surface area (Å²) < 4.78 is 17.8. The minimum Gasteiger partial charge on any atom is -0.461 e. The second-order valence-corrected chi connectivity index (χ2v) is 3.38. The molecule has 84 valence electrons. The van der Waals surface area contributed by atoms with Crippen LogP contribution >= 0.6 is 0 Å². The van der Waals surface area contributed by atoms with Crippen LogP contribution in [-0.4, -0.2) is 17.6 Å². The smallest absolute Gasteiger partial charge is 0.355 e. The normalized spacial score (nSPS) is 10.6. The zero-order valence-electron chi connectivity index (χ0n) is 8.92. The Morgan fingerprint density at radius 3 is 2.88 bits per heavy atom. The first-order valence-corrected chi connectivity index (χ1v) is 5.10. The maximum absolute atomic E-state index is 12.9. The van der Waals surface area contributed by atoms with Gasteiger partial charge >= 0.3 is 5.97 Å². The van der Waals surface area contributed by atoms with Crippen molar-refractivity contribution in [1.82, 2.24) is 4.98 Å². The molecule has 0 aliphatic carbocycles. The first kappa shape index (κ1) is 10.7. The molecule has 1 aromatic heterocycles. The number of esters is 1. The summed E-state index contributed by atoms with van der Waals surface area (Å²) in [6.07, 6.45) is 0. The molecular formula is C12H12FNO2. The summed E-state index contributed by atoms with van der Waals surface area (Å²) in [7, 11) is 0. The molecule has 1 N–H and O–H groups in total. The molecule has 0 amide bonds. The molecule has 0 fully saturated rings. The fourth-order valence-electron chi connectivity index (χ4n) is 1.72. The van der Waals surface area contributed by atoms with Gasteiger partial charge in [0.25, 0.3) is 0 Å². The Morgan fingerprint density at radius 2 is 2.19 bits per heavy atom. The van der Waals surface area contributed by atoms with Crippen molar-refractivity contribution in [2.45, 2.75) is 13.6 Å². The molecule has 1 aromatic carbocycles. The molecule has 16 heavy (non-hydrogen) atoms. The minimum absolute atomic E-state index is 0.213. The number of halogens is 1. The first-order valence-electron chi connectivity index (χ1n) is 5.10. The van der Waals surface area contributed by atoms with Crippen molar-refractivity contribution in [3.63, 3.8) is 0 Å². The third kappa shape index (κ3) is 1.66. The van der Waals surface area contributed by atoms with Crippen LogP contribution in [0.4, 0.5) is 4.39 Å². The molecule has 0 atom stereocenters. The number of H-pyrrole nitrogens is 1. The number of fused-ring (bicyclic) bond motifs is 1. The number of alkyl halides is 1. The van der Waals surface area contributed by atoms with Gasteiger partial charge in [0.1, 0.15) is 12.4 Å². The van der Waals surface area contributed by atoms with Crippen molar-refractivity contribution in [3.05, 3.63) is 35.5 Å². The number of hydrogen-bond donors (Lipinski definition) is 1. The molecule has 2 aromatic rings. The fraction of sp³-hybridized carbons (Fsp3) is 0.250. The summed E-state index contributed by atoms with van der Waals surface area (Å²) in [5.74, 6) is -0.508. The fourth-order valence-corrected chi connectivity index (χ4v) is 1.72. The van der Waals surface area contributed by atoms with E-state index in [1.54, 1.807) is 19.1 Å². The number of benzene rings is 1. The van der Waals surface area contributed by atoms with E-state index in [0.717, 1.165) is 10.9 Å². The van der Waals surface area contributed by atoms with Crippen molar-refractivity contribution < 1.29 is 13.9 Å². The highest BCUT2D eigenvalue weighted by Crippen LogP contribution is 2.23. The van der Waals surface area contributed by atoms with Crippen LogP contribution in [0.2, 0.25) is 0 Å². The average molecular weight is 221 g/mol. The molecular weight excluding hydrogens is 209 g/mol. The Bertz CT molecular complexity index is 519. The van der Waals surface area contributed by atoms with Crippen LogP contribution in [0.15, 0.2) is 24.3 Å². The summed E-state index contributed by atoms with van der Waals surface area (Å²) in [6, 6.07) is 7.22. The quantitative estimate of drug-likeness (QED) is 0.810. The maximum atomic E-state index is 12.9. The van der Waals surface area contributed by atoms with Gasteiger partial charge in [0.15, 0.2) is 0 Å². The Hall–Kier alpha value is -1.84. The standard InChI is InChI=1S/C12H12FNO2/c1-2-16-12(15)11-9(7-13)8-5-3-4-6-10(8)14-11/h3-6,14H,2,7H2,1H3. The van der Waals surface area contributed by atoms with Crippen molar-refractivity contribution in [2.75, 3.05) is 6.61 Å². The topological polar surface area (TPSA) is 42.1 Å². The van der Waals surface area contributed by atoms with E-state index in [0.29, 0.717) is 5.56 Å². The Morgan fingerprint density at radius 1 is 1.44 bits per heavy atom. The predicted octanol–water partition coefficient (Wildman–Crippen LogP) is 2.81. The molecule has 0 bridgehead atoms. The van der Waals surface area contributed by atoms with Crippen LogP contribution in [0.5, 0.6) is 0 Å². The van der Waals surface area contributed by atoms with E-state index in [1.807, 2.05) is 12.1 Å². The second-order valence-electron chi connectivity index (χ2n) is 3.38. The number of rotatable bonds is 3. The lowest BCUT2D eigenvalue weighted by Gasteiger charge is -2.00. The number of para-hydroxylation sites is 1. The van der Waals surface area contributed by atoms with Gasteiger partial charge in [0.2, 0.25) is 0 Å². The number of aromatic amines is 1. The summed E-state index contributed by atoms with van der Waals surface area (Å²) in [5, 5.41) is 0.730. The van der Waals surface area contributed by atoms with Crippen molar-refractivity contribution in [1.29, 1.82) is 0 Å². The SMILES string of the molecule is CCOC(=O)c1[nH]c2ccccc2c1CF. The van der Waals surface area contributed by atoms with Crippen LogP contribution in [0.1, 0.15) is 23.0 Å². The maximum Gasteiger partial charge on any atom is 0.355 e. The molecule has 0 saturated carbocycles. The van der Waals surface area contributed by atoms with Crippen LogP contribution in [0, 0.1) is 0 Å². The molecule has 0 aliphatic heterocycles. The van der Waals surface area contributed by atoms with E-state index in [2.05, 4.69) is 4.98 Å². The van der Waals surface area contributed by atoms with Crippen LogP contribution in [-0.2, 0) is 11.4 Å². The molecule has 0 unspecified atom stereocenters. The monoisotopic (exact) mass is 221 g/mol. The zero-order chi connectivity index (χ0) is 11.5. The lowest BCUT2D eigenvalue weighted by atomic mass is 10.1. The van der Waals surface area contributed by atoms with Gasteiger partial charge in [0.05, 0.1) is 6.61 Å². The Kier molecular flexibility index (Phi) is 2.90. The van der Waals surface area contributed by atoms with Gasteiger partial charge in [-0.3, -0.25) is 0 Å². The van der Waals surface area contributed by atoms with Crippen molar-refractivity contribution >= 4 is 16.9 Å². The van der Waals surface area contributed by atoms with Gasteiger partial charge in [-0.05, 0) is 13.0 Å². The lowest BCUT2D eigenvalue weighted by molar-refractivity contribution is 0.0518. The minimum atomic E-state index is -0.682. The number of aromatic nitrogens is 1. The number of carbonyl (C=O) groups excluding carboxylic acids is 1. The third-order valence-corrected chi connectivity index (χ3v) is 2.43. The predicted molar refractivity (Wildman–Crippen MR) is 59.1 cm³/mol. The molecule has 4 heteroatoms. The molecule has 1 heterocycles. The highest BCUT2D eigenvalue weighted by molar-refractivity contribution is 5.98. The number of hydrogen-bond acceptors (Lipinski definition) is 2. The summed E-state index contributed by atoms with van der Waals surface area (Å²) in [4.78, 5) is 14.5. The summed E-state index contributed by atoms with van der Waals surface area (Å²) in [6.45, 7) is 1.31. The summed E-state index contributed by atoms with van der Waals surface area (Å²) >= 11 is 0. The average Bonchev–Trinajstić information content (AvgIpc) is 2.67. The van der Waals surface area contributed by atoms with Gasteiger partial charge in [-0.25, -0.2) is 9.18 Å². The molecule has 0 saturated heterocycles. The van der Waals surface area contributed by atoms with E-state index >= 15 is 0 Å². The Labute approximate surface area is 92.2 Å². The second kappa shape index (κ2) is 4.35. The number of ether oxygens (including phenoxy) is 1.